The number of hydrogen-bond acceptors (Lipinski definition) is 2. The Kier molecular flexibility index (Phi) is 6.32. The second-order valence-corrected chi connectivity index (χ2v) is 3.59. The van der Waals surface area contributed by atoms with Crippen molar-refractivity contribution in [3.63, 3.8) is 0 Å². The van der Waals surface area contributed by atoms with Gasteiger partial charge in [0.15, 0.2) is 5.96 Å². The highest BCUT2D eigenvalue weighted by molar-refractivity contribution is 5.80. The molecule has 0 spiro atoms. The Morgan fingerprint density at radius 3 is 2.31 bits per heavy atom. The van der Waals surface area contributed by atoms with Crippen molar-refractivity contribution in [2.24, 2.45) is 10.7 Å². The predicted molar refractivity (Wildman–Crippen MR) is 57.9 cm³/mol. The Morgan fingerprint density at radius 2 is 1.92 bits per heavy atom. The predicted octanol–water partition coefficient (Wildman–Crippen LogP) is 0.297. The van der Waals surface area contributed by atoms with Crippen molar-refractivity contribution in [1.29, 1.82) is 0 Å². The SMILES string of the molecule is CC(C)/N=C(/NCCN)NC(C)C. The molecule has 0 aromatic carbocycles. The molecule has 78 valence electrons. The summed E-state index contributed by atoms with van der Waals surface area (Å²) in [5.74, 6) is 0.843. The van der Waals surface area contributed by atoms with E-state index in [1.54, 1.807) is 0 Å². The Morgan fingerprint density at radius 1 is 1.31 bits per heavy atom. The number of nitrogens with two attached hydrogens (primary N) is 1. The normalized spacial score (nSPS) is 12.4. The second kappa shape index (κ2) is 6.71. The van der Waals surface area contributed by atoms with Gasteiger partial charge >= 0.3 is 0 Å². The maximum atomic E-state index is 5.39. The van der Waals surface area contributed by atoms with Crippen LogP contribution in [0, 0.1) is 0 Å². The fourth-order valence-corrected chi connectivity index (χ4v) is 0.856. The van der Waals surface area contributed by atoms with Gasteiger partial charge in [0.25, 0.3) is 0 Å². The fraction of sp³-hybridized carbons (Fsp3) is 0.889. The summed E-state index contributed by atoms with van der Waals surface area (Å²) in [4.78, 5) is 4.39. The van der Waals surface area contributed by atoms with Gasteiger partial charge in [0.1, 0.15) is 0 Å². The minimum absolute atomic E-state index is 0.298. The molecular formula is C9H22N4. The Bertz CT molecular complexity index is 152. The molecule has 0 heterocycles. The topological polar surface area (TPSA) is 62.4 Å². The molecule has 0 saturated carbocycles. The number of nitrogens with one attached hydrogen (secondary N) is 2. The van der Waals surface area contributed by atoms with Crippen molar-refractivity contribution < 1.29 is 0 Å². The summed E-state index contributed by atoms with van der Waals surface area (Å²) in [5.41, 5.74) is 5.39. The van der Waals surface area contributed by atoms with E-state index in [2.05, 4.69) is 29.5 Å². The highest BCUT2D eigenvalue weighted by Gasteiger charge is 2.00. The number of hydrogen-bond donors (Lipinski definition) is 3. The second-order valence-electron chi connectivity index (χ2n) is 3.59. The van der Waals surface area contributed by atoms with Crippen LogP contribution >= 0.6 is 0 Å². The van der Waals surface area contributed by atoms with E-state index in [-0.39, 0.29) is 0 Å². The summed E-state index contributed by atoms with van der Waals surface area (Å²) in [7, 11) is 0. The molecule has 4 heteroatoms. The molecule has 0 bridgehead atoms. The van der Waals surface area contributed by atoms with E-state index in [1.807, 2.05) is 13.8 Å². The van der Waals surface area contributed by atoms with E-state index in [4.69, 9.17) is 5.73 Å². The van der Waals surface area contributed by atoms with Crippen LogP contribution in [0.15, 0.2) is 4.99 Å². The molecule has 0 aromatic rings. The van der Waals surface area contributed by atoms with Gasteiger partial charge in [-0.1, -0.05) is 0 Å². The molecule has 0 fully saturated rings. The molecule has 0 atom stereocenters. The lowest BCUT2D eigenvalue weighted by Crippen LogP contribution is -2.43. The Balaban J connectivity index is 4.02. The first kappa shape index (κ1) is 12.2. The summed E-state index contributed by atoms with van der Waals surface area (Å²) in [6.45, 7) is 9.64. The van der Waals surface area contributed by atoms with Crippen LogP contribution in [0.3, 0.4) is 0 Å². The first-order chi connectivity index (χ1) is 6.06. The van der Waals surface area contributed by atoms with Gasteiger partial charge in [-0.2, -0.15) is 0 Å². The van der Waals surface area contributed by atoms with Crippen LogP contribution in [0.5, 0.6) is 0 Å². The summed E-state index contributed by atoms with van der Waals surface area (Å²) >= 11 is 0. The molecule has 13 heavy (non-hydrogen) atoms. The first-order valence-electron chi connectivity index (χ1n) is 4.84. The number of rotatable bonds is 4. The number of nitrogens with zero attached hydrogens (tertiary/aromatic N) is 1. The van der Waals surface area contributed by atoms with Crippen LogP contribution in [-0.4, -0.2) is 31.1 Å². The van der Waals surface area contributed by atoms with Gasteiger partial charge in [-0.05, 0) is 27.7 Å². The quantitative estimate of drug-likeness (QED) is 0.437. The third-order valence-electron chi connectivity index (χ3n) is 1.25. The molecule has 4 N–H and O–H groups in total. The van der Waals surface area contributed by atoms with Gasteiger partial charge in [-0.25, -0.2) is 0 Å². The molecule has 0 amide bonds. The van der Waals surface area contributed by atoms with Crippen LogP contribution in [0.25, 0.3) is 0 Å². The Hall–Kier alpha value is -0.770. The van der Waals surface area contributed by atoms with Crippen LogP contribution in [0.4, 0.5) is 0 Å². The Labute approximate surface area is 81.0 Å². The van der Waals surface area contributed by atoms with Crippen LogP contribution in [0.2, 0.25) is 0 Å². The van der Waals surface area contributed by atoms with Gasteiger partial charge < -0.3 is 16.4 Å². The third-order valence-corrected chi connectivity index (χ3v) is 1.25. The zero-order valence-corrected chi connectivity index (χ0v) is 9.09. The van der Waals surface area contributed by atoms with E-state index >= 15 is 0 Å². The maximum Gasteiger partial charge on any atom is 0.191 e. The molecule has 0 rings (SSSR count). The molecule has 0 aromatic heterocycles. The molecule has 0 saturated heterocycles. The van der Waals surface area contributed by atoms with Crippen molar-refractivity contribution in [3.8, 4) is 0 Å². The highest BCUT2D eigenvalue weighted by Crippen LogP contribution is 1.86. The van der Waals surface area contributed by atoms with E-state index < -0.39 is 0 Å². The molecule has 0 aliphatic carbocycles. The van der Waals surface area contributed by atoms with Gasteiger partial charge in [-0.15, -0.1) is 0 Å². The van der Waals surface area contributed by atoms with Crippen molar-refractivity contribution in [1.82, 2.24) is 10.6 Å². The van der Waals surface area contributed by atoms with Crippen molar-refractivity contribution >= 4 is 5.96 Å². The summed E-state index contributed by atoms with van der Waals surface area (Å²) in [6.07, 6.45) is 0. The van der Waals surface area contributed by atoms with E-state index in [1.165, 1.54) is 0 Å². The molecule has 0 aliphatic rings. The highest BCUT2D eigenvalue weighted by atomic mass is 15.2. The van der Waals surface area contributed by atoms with Gasteiger partial charge in [-0.3, -0.25) is 4.99 Å². The van der Waals surface area contributed by atoms with E-state index in [0.29, 0.717) is 18.6 Å². The van der Waals surface area contributed by atoms with Crippen molar-refractivity contribution in [3.05, 3.63) is 0 Å². The summed E-state index contributed by atoms with van der Waals surface area (Å²) in [6, 6.07) is 0.689. The van der Waals surface area contributed by atoms with E-state index in [9.17, 15) is 0 Å². The molecule has 4 nitrogen and oxygen atoms in total. The third kappa shape index (κ3) is 7.59. The monoisotopic (exact) mass is 186 g/mol. The van der Waals surface area contributed by atoms with Gasteiger partial charge in [0.2, 0.25) is 0 Å². The largest absolute Gasteiger partial charge is 0.355 e. The zero-order valence-electron chi connectivity index (χ0n) is 9.09. The minimum atomic E-state index is 0.298. The average Bonchev–Trinajstić information content (AvgIpc) is 1.98. The summed E-state index contributed by atoms with van der Waals surface area (Å²) in [5, 5.41) is 6.38. The standard InChI is InChI=1S/C9H22N4/c1-7(2)12-9(11-6-5-10)13-8(3)4/h7-8H,5-6,10H2,1-4H3,(H2,11,12,13). The van der Waals surface area contributed by atoms with Crippen LogP contribution in [0.1, 0.15) is 27.7 Å². The van der Waals surface area contributed by atoms with Crippen molar-refractivity contribution in [2.75, 3.05) is 13.1 Å². The molecule has 0 unspecified atom stereocenters. The lowest BCUT2D eigenvalue weighted by molar-refractivity contribution is 0.684. The molecular weight excluding hydrogens is 164 g/mol. The van der Waals surface area contributed by atoms with Gasteiger partial charge in [0, 0.05) is 25.2 Å². The molecule has 0 radical (unpaired) electrons. The van der Waals surface area contributed by atoms with Gasteiger partial charge in [0.05, 0.1) is 0 Å². The molecule has 0 aliphatic heterocycles. The maximum absolute atomic E-state index is 5.39. The number of aliphatic imine (C=N–C) groups is 1. The lowest BCUT2D eigenvalue weighted by atomic mass is 10.4. The summed E-state index contributed by atoms with van der Waals surface area (Å²) < 4.78 is 0. The fourth-order valence-electron chi connectivity index (χ4n) is 0.856. The van der Waals surface area contributed by atoms with E-state index in [0.717, 1.165) is 12.5 Å². The zero-order chi connectivity index (χ0) is 10.3. The van der Waals surface area contributed by atoms with Crippen LogP contribution in [-0.2, 0) is 0 Å². The first-order valence-corrected chi connectivity index (χ1v) is 4.84. The van der Waals surface area contributed by atoms with Crippen molar-refractivity contribution in [2.45, 2.75) is 39.8 Å². The number of guanidine groups is 1. The van der Waals surface area contributed by atoms with Crippen LogP contribution < -0.4 is 16.4 Å². The lowest BCUT2D eigenvalue weighted by Gasteiger charge is -2.15. The smallest absolute Gasteiger partial charge is 0.191 e. The minimum Gasteiger partial charge on any atom is -0.355 e. The average molecular weight is 186 g/mol.